The van der Waals surface area contributed by atoms with Crippen LogP contribution >= 0.6 is 34.5 Å². The molecule has 8 nitrogen and oxygen atoms in total. The van der Waals surface area contributed by atoms with E-state index < -0.39 is 18.0 Å². The van der Waals surface area contributed by atoms with Crippen molar-refractivity contribution >= 4 is 62.4 Å². The molecule has 2 aromatic carbocycles. The smallest absolute Gasteiger partial charge is 0.307 e. The van der Waals surface area contributed by atoms with Crippen LogP contribution in [-0.4, -0.2) is 32.9 Å². The summed E-state index contributed by atoms with van der Waals surface area (Å²) in [6.07, 6.45) is -0.905. The topological polar surface area (TPSA) is 114 Å². The molecule has 4 aromatic rings. The fourth-order valence-corrected chi connectivity index (χ4v) is 4.13. The van der Waals surface area contributed by atoms with Gasteiger partial charge in [-0.15, -0.1) is 11.3 Å². The molecule has 11 heteroatoms. The standard InChI is InChI=1S/C23H18Cl2N4O4S/c1-12(21(31)29-23-27-18(11-34-23)13-6-7-15(24)16(25)10-13)33-20(30)9-8-19-26-17-5-3-2-4-14(17)22(32)28-19/h2-7,10-12H,8-9H2,1H3,(H,26,28,32)(H,27,29,31)/t12-/m0/s1. The molecule has 174 valence electrons. The first-order valence-corrected chi connectivity index (χ1v) is 11.8. The number of nitrogens with one attached hydrogen (secondary N) is 2. The average Bonchev–Trinajstić information content (AvgIpc) is 3.28. The fraction of sp³-hybridized carbons (Fsp3) is 0.174. The number of carbonyl (C=O) groups is 2. The van der Waals surface area contributed by atoms with Crippen molar-refractivity contribution < 1.29 is 14.3 Å². The zero-order chi connectivity index (χ0) is 24.2. The molecular weight excluding hydrogens is 499 g/mol. The van der Waals surface area contributed by atoms with Crippen LogP contribution in [0.1, 0.15) is 19.2 Å². The minimum atomic E-state index is -1.03. The highest BCUT2D eigenvalue weighted by Gasteiger charge is 2.20. The maximum absolute atomic E-state index is 12.4. The van der Waals surface area contributed by atoms with Gasteiger partial charge in [0.25, 0.3) is 11.5 Å². The molecule has 0 saturated heterocycles. The Balaban J connectivity index is 1.31. The molecule has 0 bridgehead atoms. The minimum absolute atomic E-state index is 0.0440. The van der Waals surface area contributed by atoms with Gasteiger partial charge in [-0.3, -0.25) is 19.7 Å². The minimum Gasteiger partial charge on any atom is -0.453 e. The highest BCUT2D eigenvalue weighted by Crippen LogP contribution is 2.30. The van der Waals surface area contributed by atoms with E-state index in [1.54, 1.807) is 47.8 Å². The van der Waals surface area contributed by atoms with E-state index in [4.69, 9.17) is 27.9 Å². The van der Waals surface area contributed by atoms with Crippen molar-refractivity contribution in [2.45, 2.75) is 25.9 Å². The number of H-pyrrole nitrogens is 1. The molecule has 0 unspecified atom stereocenters. The Bertz CT molecular complexity index is 1440. The van der Waals surface area contributed by atoms with Crippen molar-refractivity contribution in [3.8, 4) is 11.3 Å². The number of carbonyl (C=O) groups excluding carboxylic acids is 2. The second-order valence-electron chi connectivity index (χ2n) is 7.32. The third-order valence-electron chi connectivity index (χ3n) is 4.85. The van der Waals surface area contributed by atoms with E-state index in [2.05, 4.69) is 20.3 Å². The zero-order valence-electron chi connectivity index (χ0n) is 17.8. The van der Waals surface area contributed by atoms with Crippen LogP contribution in [0.25, 0.3) is 22.2 Å². The number of halogens is 2. The van der Waals surface area contributed by atoms with Gasteiger partial charge < -0.3 is 9.72 Å². The number of rotatable bonds is 7. The summed E-state index contributed by atoms with van der Waals surface area (Å²) in [6.45, 7) is 1.47. The molecule has 0 radical (unpaired) electrons. The molecule has 4 rings (SSSR count). The number of esters is 1. The summed E-state index contributed by atoms with van der Waals surface area (Å²) in [5.74, 6) is -0.731. The molecule has 1 atom stereocenters. The summed E-state index contributed by atoms with van der Waals surface area (Å²) in [6, 6.07) is 12.1. The quantitative estimate of drug-likeness (QED) is 0.339. The van der Waals surface area contributed by atoms with Gasteiger partial charge in [0, 0.05) is 17.4 Å². The van der Waals surface area contributed by atoms with Crippen LogP contribution in [0.4, 0.5) is 5.13 Å². The lowest BCUT2D eigenvalue weighted by molar-refractivity contribution is -0.153. The van der Waals surface area contributed by atoms with Crippen LogP contribution < -0.4 is 10.9 Å². The highest BCUT2D eigenvalue weighted by atomic mass is 35.5. The maximum Gasteiger partial charge on any atom is 0.307 e. The number of hydrogen-bond acceptors (Lipinski definition) is 7. The third-order valence-corrected chi connectivity index (χ3v) is 6.35. The number of anilines is 1. The van der Waals surface area contributed by atoms with Gasteiger partial charge in [-0.05, 0) is 31.2 Å². The Kier molecular flexibility index (Phi) is 7.26. The summed E-state index contributed by atoms with van der Waals surface area (Å²) in [7, 11) is 0. The third kappa shape index (κ3) is 5.61. The lowest BCUT2D eigenvalue weighted by Gasteiger charge is -2.12. The molecule has 2 heterocycles. The Morgan fingerprint density at radius 3 is 2.74 bits per heavy atom. The van der Waals surface area contributed by atoms with Gasteiger partial charge in [-0.25, -0.2) is 9.97 Å². The van der Waals surface area contributed by atoms with Gasteiger partial charge in [-0.1, -0.05) is 41.4 Å². The van der Waals surface area contributed by atoms with Crippen molar-refractivity contribution in [2.24, 2.45) is 0 Å². The molecule has 34 heavy (non-hydrogen) atoms. The molecule has 0 aliphatic heterocycles. The maximum atomic E-state index is 12.4. The van der Waals surface area contributed by atoms with Crippen molar-refractivity contribution in [3.05, 3.63) is 74.1 Å². The van der Waals surface area contributed by atoms with Gasteiger partial charge in [0.15, 0.2) is 11.2 Å². The first kappa shape index (κ1) is 23.9. The molecule has 1 amide bonds. The van der Waals surface area contributed by atoms with Crippen LogP contribution in [0, 0.1) is 0 Å². The largest absolute Gasteiger partial charge is 0.453 e. The number of aryl methyl sites for hydroxylation is 1. The number of aromatic amines is 1. The lowest BCUT2D eigenvalue weighted by atomic mass is 10.2. The number of aromatic nitrogens is 3. The predicted octanol–water partition coefficient (Wildman–Crippen LogP) is 4.86. The number of ether oxygens (including phenoxy) is 1. The summed E-state index contributed by atoms with van der Waals surface area (Å²) in [4.78, 5) is 48.2. The second-order valence-corrected chi connectivity index (χ2v) is 8.99. The van der Waals surface area contributed by atoms with Crippen molar-refractivity contribution in [3.63, 3.8) is 0 Å². The first-order chi connectivity index (χ1) is 16.3. The van der Waals surface area contributed by atoms with Gasteiger partial charge in [0.05, 0.1) is 33.1 Å². The van der Waals surface area contributed by atoms with E-state index in [1.165, 1.54) is 18.3 Å². The first-order valence-electron chi connectivity index (χ1n) is 10.2. The van der Waals surface area contributed by atoms with Crippen LogP contribution in [0.2, 0.25) is 10.0 Å². The molecule has 0 fully saturated rings. The van der Waals surface area contributed by atoms with Crippen molar-refractivity contribution in [1.82, 2.24) is 15.0 Å². The van der Waals surface area contributed by atoms with Crippen LogP contribution in [-0.2, 0) is 20.7 Å². The van der Waals surface area contributed by atoms with E-state index in [1.807, 2.05) is 0 Å². The van der Waals surface area contributed by atoms with E-state index in [-0.39, 0.29) is 18.4 Å². The normalized spacial score (nSPS) is 11.9. The van der Waals surface area contributed by atoms with Crippen LogP contribution in [0.5, 0.6) is 0 Å². The number of thiazole rings is 1. The number of para-hydroxylation sites is 1. The average molecular weight is 517 g/mol. The van der Waals surface area contributed by atoms with Crippen LogP contribution in [0.15, 0.2) is 52.6 Å². The zero-order valence-corrected chi connectivity index (χ0v) is 20.1. The second kappa shape index (κ2) is 10.3. The summed E-state index contributed by atoms with van der Waals surface area (Å²) in [5, 5.41) is 6.07. The van der Waals surface area contributed by atoms with Crippen LogP contribution in [0.3, 0.4) is 0 Å². The Morgan fingerprint density at radius 2 is 1.94 bits per heavy atom. The molecule has 0 aliphatic rings. The summed E-state index contributed by atoms with van der Waals surface area (Å²) < 4.78 is 5.22. The number of fused-ring (bicyclic) bond motifs is 1. The monoisotopic (exact) mass is 516 g/mol. The lowest BCUT2D eigenvalue weighted by Crippen LogP contribution is -2.30. The molecule has 2 aromatic heterocycles. The van der Waals surface area contributed by atoms with E-state index in [0.717, 1.165) is 5.56 Å². The summed E-state index contributed by atoms with van der Waals surface area (Å²) >= 11 is 13.2. The molecule has 2 N–H and O–H groups in total. The summed E-state index contributed by atoms with van der Waals surface area (Å²) in [5.41, 5.74) is 1.66. The van der Waals surface area contributed by atoms with Crippen molar-refractivity contribution in [1.29, 1.82) is 0 Å². The van der Waals surface area contributed by atoms with E-state index in [9.17, 15) is 14.4 Å². The Morgan fingerprint density at radius 1 is 1.15 bits per heavy atom. The van der Waals surface area contributed by atoms with Gasteiger partial charge in [0.2, 0.25) is 0 Å². The Hall–Kier alpha value is -3.27. The number of nitrogens with zero attached hydrogens (tertiary/aromatic N) is 2. The number of benzene rings is 2. The SMILES string of the molecule is C[C@H](OC(=O)CCc1nc2ccccc2c(=O)[nH]1)C(=O)Nc1nc(-c2ccc(Cl)c(Cl)c2)cs1. The number of hydrogen-bond donors (Lipinski definition) is 2. The van der Waals surface area contributed by atoms with Gasteiger partial charge in [-0.2, -0.15) is 0 Å². The molecular formula is C23H18Cl2N4O4S. The van der Waals surface area contributed by atoms with E-state index in [0.29, 0.717) is 37.6 Å². The molecule has 0 saturated carbocycles. The fourth-order valence-electron chi connectivity index (χ4n) is 3.11. The van der Waals surface area contributed by atoms with Gasteiger partial charge in [0.1, 0.15) is 5.82 Å². The van der Waals surface area contributed by atoms with Crippen molar-refractivity contribution in [2.75, 3.05) is 5.32 Å². The molecule has 0 spiro atoms. The van der Waals surface area contributed by atoms with E-state index >= 15 is 0 Å². The predicted molar refractivity (Wildman–Crippen MR) is 132 cm³/mol. The highest BCUT2D eigenvalue weighted by molar-refractivity contribution is 7.14. The van der Waals surface area contributed by atoms with Gasteiger partial charge >= 0.3 is 5.97 Å². The Labute approximate surface area is 207 Å². The number of amides is 1. The molecule has 0 aliphatic carbocycles.